The van der Waals surface area contributed by atoms with E-state index in [1.54, 1.807) is 64.1 Å². The van der Waals surface area contributed by atoms with Crippen LogP contribution < -0.4 is 21.8 Å². The molecule has 5 aromatic rings. The molecule has 0 saturated heterocycles. The van der Waals surface area contributed by atoms with Gasteiger partial charge in [-0.15, -0.1) is 0 Å². The number of anilines is 1. The van der Waals surface area contributed by atoms with E-state index < -0.39 is 17.1 Å². The lowest BCUT2D eigenvalue weighted by Gasteiger charge is -2.16. The Balaban J connectivity index is 1.46. The average Bonchev–Trinajstić information content (AvgIpc) is 3.30. The number of H-pyrrole nitrogens is 2. The third-order valence-electron chi connectivity index (χ3n) is 8.05. The van der Waals surface area contributed by atoms with Crippen LogP contribution in [-0.4, -0.2) is 27.6 Å². The van der Waals surface area contributed by atoms with Crippen LogP contribution in [0.4, 0.5) is 10.1 Å². The maximum absolute atomic E-state index is 13.4. The molecule has 0 aliphatic heterocycles. The molecule has 3 aromatic heterocycles. The van der Waals surface area contributed by atoms with Gasteiger partial charge in [0.05, 0.1) is 17.1 Å². The summed E-state index contributed by atoms with van der Waals surface area (Å²) in [6.07, 6.45) is 3.22. The number of aromatic amines is 2. The van der Waals surface area contributed by atoms with Crippen molar-refractivity contribution in [2.45, 2.75) is 47.1 Å². The summed E-state index contributed by atoms with van der Waals surface area (Å²) in [6, 6.07) is 13.2. The van der Waals surface area contributed by atoms with Crippen LogP contribution in [0.5, 0.6) is 0 Å². The molecule has 3 heterocycles. The van der Waals surface area contributed by atoms with Gasteiger partial charge in [0.25, 0.3) is 17.4 Å². The normalized spacial score (nSPS) is 12.2. The minimum absolute atomic E-state index is 0.0577. The second-order valence-corrected chi connectivity index (χ2v) is 11.3. The molecule has 0 aliphatic rings. The second kappa shape index (κ2) is 13.3. The number of pyridine rings is 1. The summed E-state index contributed by atoms with van der Waals surface area (Å²) in [7, 11) is 0. The zero-order chi connectivity index (χ0) is 34.0. The second-order valence-electron chi connectivity index (χ2n) is 11.3. The summed E-state index contributed by atoms with van der Waals surface area (Å²) >= 11 is 0. The lowest BCUT2D eigenvalue weighted by atomic mass is 9.92. The highest BCUT2D eigenvalue weighted by molar-refractivity contribution is 6.25. The van der Waals surface area contributed by atoms with Gasteiger partial charge < -0.3 is 25.0 Å². The summed E-state index contributed by atoms with van der Waals surface area (Å²) in [5.74, 6) is -1.66. The molecule has 0 radical (unpaired) electrons. The molecular formula is C36H33FN4O6. The Hall–Kier alpha value is -5.84. The maximum atomic E-state index is 13.4. The van der Waals surface area contributed by atoms with Crippen molar-refractivity contribution in [3.8, 4) is 0 Å². The number of ketones is 1. The van der Waals surface area contributed by atoms with Gasteiger partial charge in [-0.05, 0) is 92.4 Å². The molecule has 10 nitrogen and oxygen atoms in total. The van der Waals surface area contributed by atoms with E-state index in [4.69, 9.17) is 4.42 Å². The number of amides is 2. The number of hydrogen-bond donors (Lipinski definition) is 4. The third kappa shape index (κ3) is 6.74. The summed E-state index contributed by atoms with van der Waals surface area (Å²) in [5.41, 5.74) is 3.19. The fourth-order valence-corrected chi connectivity index (χ4v) is 5.31. The van der Waals surface area contributed by atoms with Crippen LogP contribution in [0.3, 0.4) is 0 Å². The first-order valence-corrected chi connectivity index (χ1v) is 15.0. The lowest BCUT2D eigenvalue weighted by molar-refractivity contribution is -0.113. The molecule has 2 amide bonds. The van der Waals surface area contributed by atoms with Gasteiger partial charge in [0, 0.05) is 35.1 Å². The smallest absolute Gasteiger partial charge is 0.349 e. The minimum atomic E-state index is -0.895. The Morgan fingerprint density at radius 1 is 0.957 bits per heavy atom. The highest BCUT2D eigenvalue weighted by atomic mass is 19.1. The predicted molar refractivity (Wildman–Crippen MR) is 178 cm³/mol. The molecule has 0 fully saturated rings. The van der Waals surface area contributed by atoms with Gasteiger partial charge in [0.15, 0.2) is 5.78 Å². The molecule has 0 saturated carbocycles. The molecule has 1 atom stereocenters. The third-order valence-corrected chi connectivity index (χ3v) is 8.05. The zero-order valence-electron chi connectivity index (χ0n) is 26.5. The first-order chi connectivity index (χ1) is 22.4. The minimum Gasteiger partial charge on any atom is -0.422 e. The van der Waals surface area contributed by atoms with Crippen LogP contribution in [0, 0.1) is 26.6 Å². The number of benzene rings is 2. The number of fused-ring (bicyclic) bond motifs is 1. The number of halogens is 1. The molecule has 240 valence electrons. The number of carbonyl (C=O) groups excluding carboxylic acids is 3. The molecule has 0 unspecified atom stereocenters. The molecule has 0 bridgehead atoms. The number of carbonyl (C=O) groups is 3. The van der Waals surface area contributed by atoms with Crippen LogP contribution in [0.25, 0.3) is 22.6 Å². The number of aryl methyl sites for hydroxylation is 2. The van der Waals surface area contributed by atoms with Crippen LogP contribution in [-0.2, 0) is 4.79 Å². The van der Waals surface area contributed by atoms with Crippen molar-refractivity contribution in [3.05, 3.63) is 132 Å². The van der Waals surface area contributed by atoms with Gasteiger partial charge in [-0.3, -0.25) is 19.2 Å². The zero-order valence-corrected chi connectivity index (χ0v) is 26.5. The van der Waals surface area contributed by atoms with Gasteiger partial charge in [-0.2, -0.15) is 0 Å². The largest absolute Gasteiger partial charge is 0.422 e. The summed E-state index contributed by atoms with van der Waals surface area (Å²) in [5, 5.41) is 5.71. The number of hydrogen-bond acceptors (Lipinski definition) is 6. The van der Waals surface area contributed by atoms with Crippen LogP contribution in [0.15, 0.2) is 74.8 Å². The van der Waals surface area contributed by atoms with Gasteiger partial charge in [-0.25, -0.2) is 9.18 Å². The Kier molecular flexibility index (Phi) is 9.18. The van der Waals surface area contributed by atoms with E-state index in [2.05, 4.69) is 20.6 Å². The van der Waals surface area contributed by atoms with E-state index in [9.17, 15) is 28.4 Å². The van der Waals surface area contributed by atoms with Gasteiger partial charge >= 0.3 is 5.63 Å². The van der Waals surface area contributed by atoms with Crippen molar-refractivity contribution in [3.63, 3.8) is 0 Å². The Morgan fingerprint density at radius 3 is 2.38 bits per heavy atom. The fraction of sp³-hybridized carbons (Fsp3) is 0.194. The fourth-order valence-electron chi connectivity index (χ4n) is 5.31. The van der Waals surface area contributed by atoms with Crippen LogP contribution in [0.1, 0.15) is 80.7 Å². The Labute approximate surface area is 268 Å². The SMILES string of the molecule is CCC(=O)/C(=C\c1[nH]c(C)c(NC(=O)c2cc3c(=O)[nH]ccc3oc2=O)c1C)c1cc(C(=O)N[C@H](C)c2ccc(F)cc2)ccc1C. The standard InChI is InChI=1S/C36H33FN4O6/c1-6-30(42)26(25-15-23(8-7-18(25)2)33(43)40-20(4)22-9-11-24(37)12-10-22)17-29-19(3)32(21(5)39-29)41-35(45)28-16-27-31(47-36(28)46)13-14-38-34(27)44/h7-17,20,39H,6H2,1-5H3,(H,38,44)(H,40,43)(H,41,45)/b26-17-/t20-/m1/s1. The van der Waals surface area contributed by atoms with E-state index in [-0.39, 0.29) is 46.5 Å². The van der Waals surface area contributed by atoms with E-state index in [1.807, 2.05) is 6.92 Å². The van der Waals surface area contributed by atoms with Crippen molar-refractivity contribution >= 4 is 45.9 Å². The molecule has 0 spiro atoms. The molecule has 11 heteroatoms. The first-order valence-electron chi connectivity index (χ1n) is 15.0. The van der Waals surface area contributed by atoms with Crippen molar-refractivity contribution in [2.24, 2.45) is 0 Å². The lowest BCUT2D eigenvalue weighted by Crippen LogP contribution is -2.26. The predicted octanol–water partition coefficient (Wildman–Crippen LogP) is 6.14. The molecule has 2 aromatic carbocycles. The van der Waals surface area contributed by atoms with Gasteiger partial charge in [0.1, 0.15) is 17.0 Å². The quantitative estimate of drug-likeness (QED) is 0.143. The molecule has 5 rings (SSSR count). The topological polar surface area (TPSA) is 154 Å². The molecule has 0 aliphatic carbocycles. The van der Waals surface area contributed by atoms with Crippen LogP contribution >= 0.6 is 0 Å². The number of nitrogens with one attached hydrogen (secondary N) is 4. The number of aromatic nitrogens is 2. The highest BCUT2D eigenvalue weighted by Gasteiger charge is 2.21. The average molecular weight is 637 g/mol. The number of rotatable bonds is 9. The van der Waals surface area contributed by atoms with Crippen molar-refractivity contribution in [1.82, 2.24) is 15.3 Å². The summed E-state index contributed by atoms with van der Waals surface area (Å²) in [6.45, 7) is 8.86. The number of allylic oxidation sites excluding steroid dienone is 1. The first kappa shape index (κ1) is 32.6. The number of Topliss-reactive ketones (excluding diaryl/α,β-unsaturated/α-hetero) is 1. The summed E-state index contributed by atoms with van der Waals surface area (Å²) in [4.78, 5) is 70.2. The van der Waals surface area contributed by atoms with E-state index in [0.29, 0.717) is 39.3 Å². The Morgan fingerprint density at radius 2 is 1.68 bits per heavy atom. The Bertz CT molecular complexity index is 2190. The van der Waals surface area contributed by atoms with Crippen molar-refractivity contribution < 1.29 is 23.2 Å². The maximum Gasteiger partial charge on any atom is 0.349 e. The van der Waals surface area contributed by atoms with Crippen LogP contribution in [0.2, 0.25) is 0 Å². The molecule has 47 heavy (non-hydrogen) atoms. The van der Waals surface area contributed by atoms with Gasteiger partial charge in [-0.1, -0.05) is 25.1 Å². The van der Waals surface area contributed by atoms with E-state index >= 15 is 0 Å². The van der Waals surface area contributed by atoms with E-state index in [1.165, 1.54) is 30.5 Å². The summed E-state index contributed by atoms with van der Waals surface area (Å²) < 4.78 is 18.6. The monoisotopic (exact) mass is 636 g/mol. The van der Waals surface area contributed by atoms with Crippen molar-refractivity contribution in [2.75, 3.05) is 5.32 Å². The molecule has 4 N–H and O–H groups in total. The highest BCUT2D eigenvalue weighted by Crippen LogP contribution is 2.30. The van der Waals surface area contributed by atoms with E-state index in [0.717, 1.165) is 11.1 Å². The molecular weight excluding hydrogens is 603 g/mol. The van der Waals surface area contributed by atoms with Crippen molar-refractivity contribution in [1.29, 1.82) is 0 Å². The van der Waals surface area contributed by atoms with Gasteiger partial charge in [0.2, 0.25) is 0 Å².